The number of hydrogen-bond acceptors (Lipinski definition) is 4. The normalized spacial score (nSPS) is 12.4. The van der Waals surface area contributed by atoms with E-state index in [1.165, 1.54) is 12.1 Å². The third kappa shape index (κ3) is 4.40. The molecule has 0 saturated carbocycles. The fourth-order valence-electron chi connectivity index (χ4n) is 3.38. The molecule has 0 aliphatic heterocycles. The van der Waals surface area contributed by atoms with Gasteiger partial charge in [0.05, 0.1) is 24.8 Å². The first kappa shape index (κ1) is 20.5. The van der Waals surface area contributed by atoms with Crippen LogP contribution in [-0.2, 0) is 7.05 Å². The van der Waals surface area contributed by atoms with E-state index in [0.29, 0.717) is 5.82 Å². The molecule has 0 fully saturated rings. The zero-order valence-electron chi connectivity index (χ0n) is 18.0. The van der Waals surface area contributed by atoms with E-state index >= 15 is 0 Å². The molecule has 1 atom stereocenters. The summed E-state index contributed by atoms with van der Waals surface area (Å²) in [6, 6.07) is 12.4. The molecule has 0 amide bonds. The van der Waals surface area contributed by atoms with Crippen LogP contribution in [0.1, 0.15) is 41.3 Å². The molecule has 31 heavy (non-hydrogen) atoms. The van der Waals surface area contributed by atoms with Crippen molar-refractivity contribution in [3.8, 4) is 11.4 Å². The minimum atomic E-state index is -0.252. The Morgan fingerprint density at radius 2 is 1.87 bits per heavy atom. The molecule has 0 N–H and O–H groups in total. The molecule has 4 aromatic rings. The average Bonchev–Trinajstić information content (AvgIpc) is 3.37. The molecule has 0 spiro atoms. The Labute approximate surface area is 180 Å². The topological polar surface area (TPSA) is 57.8 Å². The number of imidazole rings is 1. The quantitative estimate of drug-likeness (QED) is 0.453. The van der Waals surface area contributed by atoms with E-state index in [2.05, 4.69) is 15.1 Å². The van der Waals surface area contributed by atoms with E-state index in [9.17, 15) is 4.39 Å². The number of methoxy groups -OCH3 is 1. The minimum Gasteiger partial charge on any atom is -0.495 e. The van der Waals surface area contributed by atoms with Crippen LogP contribution in [0.25, 0.3) is 17.8 Å². The first-order chi connectivity index (χ1) is 14.9. The average molecular weight is 417 g/mol. The van der Waals surface area contributed by atoms with Gasteiger partial charge in [0.15, 0.2) is 11.6 Å². The molecule has 2 aromatic heterocycles. The molecule has 2 aromatic carbocycles. The second kappa shape index (κ2) is 8.55. The highest BCUT2D eigenvalue weighted by molar-refractivity contribution is 5.69. The van der Waals surface area contributed by atoms with Gasteiger partial charge in [0, 0.05) is 19.2 Å². The lowest BCUT2D eigenvalue weighted by molar-refractivity contribution is 0.413. The molecule has 6 nitrogen and oxygen atoms in total. The zero-order chi connectivity index (χ0) is 22.0. The summed E-state index contributed by atoms with van der Waals surface area (Å²) in [6.45, 7) is 3.96. The van der Waals surface area contributed by atoms with Crippen LogP contribution in [0.15, 0.2) is 55.0 Å². The predicted molar refractivity (Wildman–Crippen MR) is 119 cm³/mol. The largest absolute Gasteiger partial charge is 0.495 e. The van der Waals surface area contributed by atoms with Crippen molar-refractivity contribution in [3.05, 3.63) is 89.3 Å². The fourth-order valence-corrected chi connectivity index (χ4v) is 3.38. The molecule has 158 valence electrons. The second-order valence-corrected chi connectivity index (χ2v) is 7.41. The maximum Gasteiger partial charge on any atom is 0.158 e. The summed E-state index contributed by atoms with van der Waals surface area (Å²) < 4.78 is 22.5. The SMILES string of the molecule is COc1cc(/C=C/c2nc(C(C)c3ccc(F)cc3)nn2C)ccc1-n1cnc(C)c1. The fraction of sp³-hybridized carbons (Fsp3) is 0.208. The van der Waals surface area contributed by atoms with Crippen molar-refractivity contribution in [2.45, 2.75) is 19.8 Å². The van der Waals surface area contributed by atoms with Gasteiger partial charge >= 0.3 is 0 Å². The number of nitrogens with zero attached hydrogens (tertiary/aromatic N) is 5. The summed E-state index contributed by atoms with van der Waals surface area (Å²) in [4.78, 5) is 8.94. The van der Waals surface area contributed by atoms with Gasteiger partial charge in [-0.25, -0.2) is 19.0 Å². The van der Waals surface area contributed by atoms with Gasteiger partial charge in [-0.15, -0.1) is 0 Å². The van der Waals surface area contributed by atoms with Crippen LogP contribution in [0, 0.1) is 12.7 Å². The summed E-state index contributed by atoms with van der Waals surface area (Å²) in [5, 5.41) is 4.54. The van der Waals surface area contributed by atoms with Gasteiger partial charge in [0.2, 0.25) is 0 Å². The maximum absolute atomic E-state index is 13.2. The standard InChI is InChI=1S/C24H24FN5O/c1-16-14-30(15-26-16)21-11-5-18(13-22(21)31-4)6-12-23-27-24(28-29(23)3)17(2)19-7-9-20(25)10-8-19/h5-15,17H,1-4H3/b12-6+. The summed E-state index contributed by atoms with van der Waals surface area (Å²) in [5.74, 6) is 1.89. The van der Waals surface area contributed by atoms with Gasteiger partial charge in [-0.3, -0.25) is 0 Å². The lowest BCUT2D eigenvalue weighted by Gasteiger charge is -2.09. The molecule has 0 aliphatic rings. The van der Waals surface area contributed by atoms with Crippen LogP contribution >= 0.6 is 0 Å². The molecule has 7 heteroatoms. The van der Waals surface area contributed by atoms with E-state index in [1.54, 1.807) is 30.3 Å². The third-order valence-corrected chi connectivity index (χ3v) is 5.19. The van der Waals surface area contributed by atoms with Gasteiger partial charge in [-0.05, 0) is 48.4 Å². The Kier molecular flexibility index (Phi) is 5.66. The molecular formula is C24H24FN5O. The molecule has 1 unspecified atom stereocenters. The molecule has 0 saturated heterocycles. The van der Waals surface area contributed by atoms with Crippen molar-refractivity contribution in [3.63, 3.8) is 0 Å². The first-order valence-electron chi connectivity index (χ1n) is 9.98. The predicted octanol–water partition coefficient (Wildman–Crippen LogP) is 4.78. The highest BCUT2D eigenvalue weighted by Crippen LogP contribution is 2.26. The van der Waals surface area contributed by atoms with E-state index in [1.807, 2.05) is 62.0 Å². The number of aromatic nitrogens is 5. The van der Waals surface area contributed by atoms with Crippen LogP contribution in [-0.4, -0.2) is 31.4 Å². The Hall–Kier alpha value is -3.74. The van der Waals surface area contributed by atoms with E-state index < -0.39 is 0 Å². The summed E-state index contributed by atoms with van der Waals surface area (Å²) in [7, 11) is 3.51. The lowest BCUT2D eigenvalue weighted by Crippen LogP contribution is -2.00. The number of rotatable bonds is 6. The minimum absolute atomic E-state index is 0.0352. The molecule has 0 radical (unpaired) electrons. The summed E-state index contributed by atoms with van der Waals surface area (Å²) >= 11 is 0. The van der Waals surface area contributed by atoms with Crippen LogP contribution < -0.4 is 4.74 Å². The van der Waals surface area contributed by atoms with Gasteiger partial charge in [-0.1, -0.05) is 31.2 Å². The van der Waals surface area contributed by atoms with Crippen LogP contribution in [0.5, 0.6) is 5.75 Å². The molecule has 4 rings (SSSR count). The van der Waals surface area contributed by atoms with E-state index in [-0.39, 0.29) is 11.7 Å². The Morgan fingerprint density at radius 3 is 2.55 bits per heavy atom. The number of aryl methyl sites for hydroxylation is 2. The van der Waals surface area contributed by atoms with Gasteiger partial charge in [0.25, 0.3) is 0 Å². The zero-order valence-corrected chi connectivity index (χ0v) is 18.0. The highest BCUT2D eigenvalue weighted by atomic mass is 19.1. The monoisotopic (exact) mass is 417 g/mol. The maximum atomic E-state index is 13.2. The number of benzene rings is 2. The van der Waals surface area contributed by atoms with E-state index in [4.69, 9.17) is 4.74 Å². The first-order valence-corrected chi connectivity index (χ1v) is 9.98. The molecule has 0 bridgehead atoms. The smallest absolute Gasteiger partial charge is 0.158 e. The lowest BCUT2D eigenvalue weighted by atomic mass is 10.0. The Balaban J connectivity index is 1.56. The van der Waals surface area contributed by atoms with Gasteiger partial charge in [-0.2, -0.15) is 5.10 Å². The summed E-state index contributed by atoms with van der Waals surface area (Å²) in [6.07, 6.45) is 7.62. The highest BCUT2D eigenvalue weighted by Gasteiger charge is 2.15. The van der Waals surface area contributed by atoms with Crippen molar-refractivity contribution in [2.24, 2.45) is 7.05 Å². The van der Waals surface area contributed by atoms with Crippen LogP contribution in [0.4, 0.5) is 4.39 Å². The van der Waals surface area contributed by atoms with Crippen LogP contribution in [0.3, 0.4) is 0 Å². The van der Waals surface area contributed by atoms with Crippen molar-refractivity contribution in [1.29, 1.82) is 0 Å². The van der Waals surface area contributed by atoms with Crippen LogP contribution in [0.2, 0.25) is 0 Å². The van der Waals surface area contributed by atoms with Crippen molar-refractivity contribution >= 4 is 12.2 Å². The third-order valence-electron chi connectivity index (χ3n) is 5.19. The number of hydrogen-bond donors (Lipinski definition) is 0. The Bertz CT molecular complexity index is 1220. The Morgan fingerprint density at radius 1 is 1.10 bits per heavy atom. The second-order valence-electron chi connectivity index (χ2n) is 7.41. The number of ether oxygens (including phenoxy) is 1. The summed E-state index contributed by atoms with van der Waals surface area (Å²) in [5.41, 5.74) is 3.82. The molecule has 0 aliphatic carbocycles. The van der Waals surface area contributed by atoms with Crippen molar-refractivity contribution < 1.29 is 9.13 Å². The van der Waals surface area contributed by atoms with E-state index in [0.717, 1.165) is 34.1 Å². The van der Waals surface area contributed by atoms with Crippen molar-refractivity contribution in [1.82, 2.24) is 24.3 Å². The van der Waals surface area contributed by atoms with Crippen molar-refractivity contribution in [2.75, 3.05) is 7.11 Å². The van der Waals surface area contributed by atoms with Gasteiger partial charge < -0.3 is 9.30 Å². The number of halogens is 1. The van der Waals surface area contributed by atoms with Gasteiger partial charge in [0.1, 0.15) is 11.6 Å². The molecular weight excluding hydrogens is 393 g/mol. The molecule has 2 heterocycles.